The zero-order chi connectivity index (χ0) is 13.8. The first kappa shape index (κ1) is 14.5. The molecule has 0 aromatic heterocycles. The molecule has 0 atom stereocenters. The lowest BCUT2D eigenvalue weighted by Crippen LogP contribution is -2.44. The van der Waals surface area contributed by atoms with Crippen LogP contribution in [0.3, 0.4) is 0 Å². The van der Waals surface area contributed by atoms with Crippen LogP contribution < -0.4 is 10.6 Å². The van der Waals surface area contributed by atoms with Crippen LogP contribution in [0.15, 0.2) is 22.7 Å². The average molecular weight is 326 g/mol. The van der Waals surface area contributed by atoms with E-state index in [1.807, 2.05) is 18.2 Å². The number of carbonyl (C=O) groups is 1. The van der Waals surface area contributed by atoms with E-state index in [0.717, 1.165) is 41.9 Å². The van der Waals surface area contributed by atoms with E-state index < -0.39 is 0 Å². The third-order valence-corrected chi connectivity index (χ3v) is 4.12. The minimum Gasteiger partial charge on any atom is -0.368 e. The molecule has 0 aliphatic carbocycles. The number of Topliss-reactive ketones (excluding diaryl/α,β-unsaturated/α-hetero) is 1. The minimum absolute atomic E-state index is 0.105. The summed E-state index contributed by atoms with van der Waals surface area (Å²) in [5.74, 6) is 0.105. The predicted molar refractivity (Wildman–Crippen MR) is 81.9 cm³/mol. The van der Waals surface area contributed by atoms with Crippen LogP contribution in [0.4, 0.5) is 5.69 Å². The molecule has 0 spiro atoms. The minimum atomic E-state index is 0.105. The van der Waals surface area contributed by atoms with Crippen LogP contribution in [0.25, 0.3) is 0 Å². The van der Waals surface area contributed by atoms with Gasteiger partial charge in [-0.15, -0.1) is 0 Å². The summed E-state index contributed by atoms with van der Waals surface area (Å²) in [6.45, 7) is 4.58. The van der Waals surface area contributed by atoms with Crippen molar-refractivity contribution >= 4 is 27.4 Å². The topological polar surface area (TPSA) is 49.6 Å². The Morgan fingerprint density at radius 1 is 1.32 bits per heavy atom. The van der Waals surface area contributed by atoms with Gasteiger partial charge < -0.3 is 15.5 Å². The molecule has 1 fully saturated rings. The standard InChI is InChI=1S/C14H20BrN3O/c1-17-6-8-18(9-7-17)13-3-2-11(10-12(13)15)14(19)4-5-16/h2-3,10H,4-9,16H2,1H3. The summed E-state index contributed by atoms with van der Waals surface area (Å²) in [7, 11) is 2.14. The van der Waals surface area contributed by atoms with Crippen LogP contribution in [-0.2, 0) is 0 Å². The first-order chi connectivity index (χ1) is 9.11. The molecule has 1 aliphatic rings. The van der Waals surface area contributed by atoms with Crippen molar-refractivity contribution in [2.45, 2.75) is 6.42 Å². The van der Waals surface area contributed by atoms with Gasteiger partial charge in [-0.3, -0.25) is 4.79 Å². The molecule has 0 bridgehead atoms. The van der Waals surface area contributed by atoms with Crippen molar-refractivity contribution in [3.05, 3.63) is 28.2 Å². The fourth-order valence-electron chi connectivity index (χ4n) is 2.26. The van der Waals surface area contributed by atoms with E-state index in [2.05, 4.69) is 32.8 Å². The summed E-state index contributed by atoms with van der Waals surface area (Å²) in [5, 5.41) is 0. The molecule has 19 heavy (non-hydrogen) atoms. The Kier molecular flexibility index (Phi) is 4.96. The molecule has 104 valence electrons. The molecular formula is C14H20BrN3O. The number of anilines is 1. The van der Waals surface area contributed by atoms with Crippen LogP contribution in [0.2, 0.25) is 0 Å². The van der Waals surface area contributed by atoms with E-state index in [0.29, 0.717) is 13.0 Å². The number of carbonyl (C=O) groups excluding carboxylic acids is 1. The first-order valence-electron chi connectivity index (χ1n) is 6.58. The summed E-state index contributed by atoms with van der Waals surface area (Å²) in [6.07, 6.45) is 0.403. The maximum atomic E-state index is 11.8. The van der Waals surface area contributed by atoms with Crippen molar-refractivity contribution in [1.82, 2.24) is 4.90 Å². The normalized spacial score (nSPS) is 16.7. The summed E-state index contributed by atoms with van der Waals surface area (Å²) in [6, 6.07) is 5.83. The van der Waals surface area contributed by atoms with E-state index in [1.54, 1.807) is 0 Å². The number of ketones is 1. The van der Waals surface area contributed by atoms with Gasteiger partial charge in [0.05, 0.1) is 5.69 Å². The van der Waals surface area contributed by atoms with Crippen molar-refractivity contribution in [3.63, 3.8) is 0 Å². The Hall–Kier alpha value is -0.910. The molecule has 0 radical (unpaired) electrons. The van der Waals surface area contributed by atoms with Crippen molar-refractivity contribution in [3.8, 4) is 0 Å². The molecule has 5 heteroatoms. The maximum absolute atomic E-state index is 11.8. The largest absolute Gasteiger partial charge is 0.368 e. The Labute approximate surface area is 122 Å². The fourth-order valence-corrected chi connectivity index (χ4v) is 2.89. The summed E-state index contributed by atoms with van der Waals surface area (Å²) < 4.78 is 0.986. The predicted octanol–water partition coefficient (Wildman–Crippen LogP) is 1.73. The van der Waals surface area contributed by atoms with Crippen LogP contribution in [0.1, 0.15) is 16.8 Å². The van der Waals surface area contributed by atoms with Gasteiger partial charge in [-0.05, 0) is 47.7 Å². The lowest BCUT2D eigenvalue weighted by atomic mass is 10.1. The Morgan fingerprint density at radius 3 is 2.58 bits per heavy atom. The molecule has 0 amide bonds. The van der Waals surface area contributed by atoms with Crippen LogP contribution in [0.5, 0.6) is 0 Å². The molecule has 2 rings (SSSR count). The van der Waals surface area contributed by atoms with Gasteiger partial charge >= 0.3 is 0 Å². The Balaban J connectivity index is 2.13. The second-order valence-corrected chi connectivity index (χ2v) is 5.77. The lowest BCUT2D eigenvalue weighted by molar-refractivity contribution is 0.0985. The van der Waals surface area contributed by atoms with E-state index in [-0.39, 0.29) is 5.78 Å². The quantitative estimate of drug-likeness (QED) is 0.856. The fraction of sp³-hybridized carbons (Fsp3) is 0.500. The van der Waals surface area contributed by atoms with E-state index >= 15 is 0 Å². The average Bonchev–Trinajstić information content (AvgIpc) is 2.40. The van der Waals surface area contributed by atoms with Gasteiger partial charge in [0.1, 0.15) is 0 Å². The van der Waals surface area contributed by atoms with Gasteiger partial charge in [-0.1, -0.05) is 0 Å². The number of rotatable bonds is 4. The SMILES string of the molecule is CN1CCN(c2ccc(C(=O)CCN)cc2Br)CC1. The maximum Gasteiger partial charge on any atom is 0.164 e. The third kappa shape index (κ3) is 3.55. The Bertz CT molecular complexity index is 456. The second kappa shape index (κ2) is 6.50. The number of benzene rings is 1. The summed E-state index contributed by atoms with van der Waals surface area (Å²) in [4.78, 5) is 16.5. The highest BCUT2D eigenvalue weighted by atomic mass is 79.9. The number of halogens is 1. The molecule has 4 nitrogen and oxygen atoms in total. The zero-order valence-electron chi connectivity index (χ0n) is 11.2. The monoisotopic (exact) mass is 325 g/mol. The van der Waals surface area contributed by atoms with Crippen LogP contribution in [-0.4, -0.2) is 50.5 Å². The lowest BCUT2D eigenvalue weighted by Gasteiger charge is -2.34. The van der Waals surface area contributed by atoms with Gasteiger partial charge in [0.25, 0.3) is 0 Å². The van der Waals surface area contributed by atoms with Crippen molar-refractivity contribution in [2.75, 3.05) is 44.7 Å². The van der Waals surface area contributed by atoms with Crippen LogP contribution >= 0.6 is 15.9 Å². The summed E-state index contributed by atoms with van der Waals surface area (Å²) in [5.41, 5.74) is 7.32. The first-order valence-corrected chi connectivity index (χ1v) is 7.37. The number of nitrogens with two attached hydrogens (primary N) is 1. The highest BCUT2D eigenvalue weighted by molar-refractivity contribution is 9.10. The van der Waals surface area contributed by atoms with Gasteiger partial charge in [0, 0.05) is 42.6 Å². The number of nitrogens with zero attached hydrogens (tertiary/aromatic N) is 2. The van der Waals surface area contributed by atoms with E-state index in [4.69, 9.17) is 5.73 Å². The molecular weight excluding hydrogens is 306 g/mol. The van der Waals surface area contributed by atoms with E-state index in [9.17, 15) is 4.79 Å². The molecule has 1 saturated heterocycles. The highest BCUT2D eigenvalue weighted by Crippen LogP contribution is 2.28. The van der Waals surface area contributed by atoms with Crippen molar-refractivity contribution in [2.24, 2.45) is 5.73 Å². The molecule has 1 aromatic carbocycles. The molecule has 1 aliphatic heterocycles. The Morgan fingerprint density at radius 2 is 2.00 bits per heavy atom. The highest BCUT2D eigenvalue weighted by Gasteiger charge is 2.17. The van der Waals surface area contributed by atoms with Gasteiger partial charge in [-0.2, -0.15) is 0 Å². The second-order valence-electron chi connectivity index (χ2n) is 4.92. The molecule has 1 aromatic rings. The van der Waals surface area contributed by atoms with Crippen molar-refractivity contribution in [1.29, 1.82) is 0 Å². The van der Waals surface area contributed by atoms with Crippen LogP contribution in [0, 0.1) is 0 Å². The number of hydrogen-bond donors (Lipinski definition) is 1. The van der Waals surface area contributed by atoms with Gasteiger partial charge in [-0.25, -0.2) is 0 Å². The smallest absolute Gasteiger partial charge is 0.164 e. The number of hydrogen-bond acceptors (Lipinski definition) is 4. The third-order valence-electron chi connectivity index (χ3n) is 3.49. The molecule has 0 unspecified atom stereocenters. The number of likely N-dealkylation sites (N-methyl/N-ethyl adjacent to an activating group) is 1. The van der Waals surface area contributed by atoms with Gasteiger partial charge in [0.2, 0.25) is 0 Å². The van der Waals surface area contributed by atoms with Gasteiger partial charge in [0.15, 0.2) is 5.78 Å². The van der Waals surface area contributed by atoms with E-state index in [1.165, 1.54) is 0 Å². The molecule has 2 N–H and O–H groups in total. The summed E-state index contributed by atoms with van der Waals surface area (Å²) >= 11 is 3.58. The molecule has 0 saturated carbocycles. The number of piperazine rings is 1. The molecule has 1 heterocycles. The zero-order valence-corrected chi connectivity index (χ0v) is 12.8. The van der Waals surface area contributed by atoms with Crippen molar-refractivity contribution < 1.29 is 4.79 Å².